The van der Waals surface area contributed by atoms with E-state index in [2.05, 4.69) is 60.0 Å². The van der Waals surface area contributed by atoms with Crippen molar-refractivity contribution in [3.05, 3.63) is 65.3 Å². The van der Waals surface area contributed by atoms with Crippen molar-refractivity contribution in [3.63, 3.8) is 0 Å². The van der Waals surface area contributed by atoms with Crippen molar-refractivity contribution in [1.82, 2.24) is 24.3 Å². The molecule has 2 aliphatic rings. The van der Waals surface area contributed by atoms with E-state index in [1.807, 2.05) is 25.1 Å². The monoisotopic (exact) mass is 567 g/mol. The van der Waals surface area contributed by atoms with Gasteiger partial charge in [-0.2, -0.15) is 4.98 Å². The van der Waals surface area contributed by atoms with Gasteiger partial charge < -0.3 is 14.5 Å². The molecule has 216 valence electrons. The highest BCUT2D eigenvalue weighted by atomic mass is 32.2. The second kappa shape index (κ2) is 11.0. The Morgan fingerprint density at radius 3 is 2.40 bits per heavy atom. The topological polar surface area (TPSA) is 113 Å². The lowest BCUT2D eigenvalue weighted by atomic mass is 9.62. The Labute approximate surface area is 237 Å². The molecule has 1 unspecified atom stereocenters. The minimum atomic E-state index is -3.21. The SMILES string of the molecule is CCCS(=O)(=O)N1CCC(c2nc(-c3cncc(C(O)(c4ccc(C(C)C)cc4)C4(C)CN(C)C4)c3)no2)CC1. The molecular formula is C30H41N5O4S. The van der Waals surface area contributed by atoms with E-state index in [0.717, 1.165) is 18.7 Å². The van der Waals surface area contributed by atoms with Crippen molar-refractivity contribution in [1.29, 1.82) is 0 Å². The van der Waals surface area contributed by atoms with Gasteiger partial charge in [-0.05, 0) is 49.4 Å². The van der Waals surface area contributed by atoms with Crippen LogP contribution in [0.3, 0.4) is 0 Å². The quantitative estimate of drug-likeness (QED) is 0.406. The summed E-state index contributed by atoms with van der Waals surface area (Å²) < 4.78 is 32.1. The average molecular weight is 568 g/mol. The molecule has 2 aliphatic heterocycles. The Balaban J connectivity index is 1.41. The molecule has 0 bridgehead atoms. The normalized spacial score (nSPS) is 20.4. The Bertz CT molecular complexity index is 1420. The third kappa shape index (κ3) is 5.22. The molecule has 2 fully saturated rings. The summed E-state index contributed by atoms with van der Waals surface area (Å²) >= 11 is 0. The number of rotatable bonds is 9. The van der Waals surface area contributed by atoms with Crippen LogP contribution in [-0.4, -0.2) is 76.8 Å². The average Bonchev–Trinajstić information content (AvgIpc) is 3.42. The summed E-state index contributed by atoms with van der Waals surface area (Å²) in [6.07, 6.45) is 5.31. The van der Waals surface area contributed by atoms with Crippen LogP contribution in [0.25, 0.3) is 11.4 Å². The Morgan fingerprint density at radius 2 is 1.80 bits per heavy atom. The number of sulfonamides is 1. The van der Waals surface area contributed by atoms with E-state index in [9.17, 15) is 13.5 Å². The predicted octanol–water partition coefficient (Wildman–Crippen LogP) is 4.36. The van der Waals surface area contributed by atoms with Gasteiger partial charge in [0.2, 0.25) is 21.7 Å². The van der Waals surface area contributed by atoms with Crippen LogP contribution in [0.4, 0.5) is 0 Å². The minimum Gasteiger partial charge on any atom is -0.380 e. The molecule has 5 rings (SSSR count). The van der Waals surface area contributed by atoms with Crippen LogP contribution in [0.15, 0.2) is 47.2 Å². The molecule has 1 aromatic carbocycles. The summed E-state index contributed by atoms with van der Waals surface area (Å²) in [7, 11) is -1.15. The van der Waals surface area contributed by atoms with Crippen molar-refractivity contribution >= 4 is 10.0 Å². The molecule has 40 heavy (non-hydrogen) atoms. The number of likely N-dealkylation sites (tertiary alicyclic amines) is 1. The van der Waals surface area contributed by atoms with E-state index >= 15 is 0 Å². The Morgan fingerprint density at radius 1 is 1.12 bits per heavy atom. The lowest BCUT2D eigenvalue weighted by molar-refractivity contribution is -0.127. The van der Waals surface area contributed by atoms with E-state index in [0.29, 0.717) is 61.1 Å². The predicted molar refractivity (Wildman–Crippen MR) is 154 cm³/mol. The van der Waals surface area contributed by atoms with Crippen LogP contribution in [0.2, 0.25) is 0 Å². The molecule has 10 heteroatoms. The van der Waals surface area contributed by atoms with Gasteiger partial charge in [0.05, 0.1) is 5.75 Å². The number of benzene rings is 1. The fraction of sp³-hybridized carbons (Fsp3) is 0.567. The molecule has 4 heterocycles. The maximum Gasteiger partial charge on any atom is 0.230 e. The zero-order chi connectivity index (χ0) is 28.7. The van der Waals surface area contributed by atoms with Gasteiger partial charge in [-0.15, -0.1) is 0 Å². The lowest BCUT2D eigenvalue weighted by Crippen LogP contribution is -2.63. The first-order chi connectivity index (χ1) is 19.0. The molecule has 2 aromatic heterocycles. The van der Waals surface area contributed by atoms with Gasteiger partial charge in [-0.3, -0.25) is 4.98 Å². The van der Waals surface area contributed by atoms with Gasteiger partial charge in [-0.1, -0.05) is 57.1 Å². The standard InChI is InChI=1S/C30H41N5O4S/c1-6-15-40(37,38)35-13-11-23(12-14-35)28-32-27(33-39-28)24-16-26(18-31-17-24)30(36,29(4)19-34(5)20-29)25-9-7-22(8-10-25)21(2)3/h7-10,16-18,21,23,36H,6,11-15,19-20H2,1-5H3. The molecule has 0 radical (unpaired) electrons. The van der Waals surface area contributed by atoms with E-state index in [4.69, 9.17) is 4.52 Å². The van der Waals surface area contributed by atoms with Crippen molar-refractivity contribution in [2.75, 3.05) is 39.0 Å². The van der Waals surface area contributed by atoms with Gasteiger partial charge in [0.15, 0.2) is 0 Å². The Hall–Kier alpha value is -2.66. The lowest BCUT2D eigenvalue weighted by Gasteiger charge is -2.55. The largest absolute Gasteiger partial charge is 0.380 e. The summed E-state index contributed by atoms with van der Waals surface area (Å²) in [6, 6.07) is 10.2. The van der Waals surface area contributed by atoms with Gasteiger partial charge in [0.25, 0.3) is 0 Å². The maximum atomic E-state index is 12.5. The first-order valence-corrected chi connectivity index (χ1v) is 15.9. The summed E-state index contributed by atoms with van der Waals surface area (Å²) in [5.74, 6) is 1.51. The molecule has 0 aliphatic carbocycles. The molecule has 1 atom stereocenters. The van der Waals surface area contributed by atoms with Gasteiger partial charge in [0, 0.05) is 61.0 Å². The highest BCUT2D eigenvalue weighted by molar-refractivity contribution is 7.89. The molecule has 0 spiro atoms. The molecule has 1 N–H and O–H groups in total. The highest BCUT2D eigenvalue weighted by Crippen LogP contribution is 2.50. The van der Waals surface area contributed by atoms with E-state index < -0.39 is 21.0 Å². The number of aromatic nitrogens is 3. The van der Waals surface area contributed by atoms with Crippen LogP contribution in [-0.2, 0) is 15.6 Å². The third-order valence-electron chi connectivity index (χ3n) is 8.62. The van der Waals surface area contributed by atoms with Crippen molar-refractivity contribution < 1.29 is 18.0 Å². The summed E-state index contributed by atoms with van der Waals surface area (Å²) in [5, 5.41) is 16.8. The molecular weight excluding hydrogens is 526 g/mol. The summed E-state index contributed by atoms with van der Waals surface area (Å²) in [4.78, 5) is 11.4. The van der Waals surface area contributed by atoms with Crippen molar-refractivity contribution in [3.8, 4) is 11.4 Å². The summed E-state index contributed by atoms with van der Waals surface area (Å²) in [6.45, 7) is 10.7. The number of piperidine rings is 1. The van der Waals surface area contributed by atoms with Gasteiger partial charge in [-0.25, -0.2) is 12.7 Å². The molecule has 2 saturated heterocycles. The van der Waals surface area contributed by atoms with Crippen molar-refractivity contribution in [2.45, 2.75) is 64.4 Å². The van der Waals surface area contributed by atoms with Gasteiger partial charge in [0.1, 0.15) is 5.60 Å². The third-order valence-corrected chi connectivity index (χ3v) is 10.7. The number of hydrogen-bond acceptors (Lipinski definition) is 8. The zero-order valence-corrected chi connectivity index (χ0v) is 25.0. The number of pyridine rings is 1. The fourth-order valence-electron chi connectivity index (χ4n) is 6.39. The van der Waals surface area contributed by atoms with E-state index in [-0.39, 0.29) is 11.7 Å². The number of nitrogens with zero attached hydrogens (tertiary/aromatic N) is 5. The second-order valence-electron chi connectivity index (χ2n) is 12.1. The van der Waals surface area contributed by atoms with Crippen LogP contribution in [0, 0.1) is 5.41 Å². The van der Waals surface area contributed by atoms with E-state index in [1.165, 1.54) is 5.56 Å². The van der Waals surface area contributed by atoms with Crippen LogP contribution >= 0.6 is 0 Å². The minimum absolute atomic E-state index is 0.00583. The zero-order valence-electron chi connectivity index (χ0n) is 24.2. The second-order valence-corrected chi connectivity index (χ2v) is 14.2. The molecule has 0 saturated carbocycles. The molecule has 0 amide bonds. The Kier molecular flexibility index (Phi) is 7.91. The van der Waals surface area contributed by atoms with Crippen molar-refractivity contribution in [2.24, 2.45) is 5.41 Å². The first-order valence-electron chi connectivity index (χ1n) is 14.3. The van der Waals surface area contributed by atoms with Crippen LogP contribution < -0.4 is 0 Å². The fourth-order valence-corrected chi connectivity index (χ4v) is 7.93. The van der Waals surface area contributed by atoms with Gasteiger partial charge >= 0.3 is 0 Å². The highest BCUT2D eigenvalue weighted by Gasteiger charge is 2.55. The molecule has 9 nitrogen and oxygen atoms in total. The van der Waals surface area contributed by atoms with Crippen LogP contribution in [0.5, 0.6) is 0 Å². The number of hydrogen-bond donors (Lipinski definition) is 1. The maximum absolute atomic E-state index is 12.5. The first kappa shape index (κ1) is 28.9. The number of aliphatic hydroxyl groups is 1. The molecule has 3 aromatic rings. The van der Waals surface area contributed by atoms with E-state index in [1.54, 1.807) is 16.7 Å². The van der Waals surface area contributed by atoms with Crippen LogP contribution in [0.1, 0.15) is 81.4 Å². The smallest absolute Gasteiger partial charge is 0.230 e. The summed E-state index contributed by atoms with van der Waals surface area (Å²) in [5.41, 5.74) is 1.76.